The van der Waals surface area contributed by atoms with Crippen molar-refractivity contribution in [1.82, 2.24) is 14.3 Å². The summed E-state index contributed by atoms with van der Waals surface area (Å²) in [4.78, 5) is 19.0. The first-order valence-corrected chi connectivity index (χ1v) is 8.03. The van der Waals surface area contributed by atoms with Crippen molar-refractivity contribution in [3.63, 3.8) is 0 Å². The molecule has 5 heteroatoms. The molecule has 0 aliphatic carbocycles. The number of ether oxygens (including phenoxy) is 1. The van der Waals surface area contributed by atoms with Gasteiger partial charge < -0.3 is 9.14 Å². The van der Waals surface area contributed by atoms with Crippen molar-refractivity contribution in [2.45, 2.75) is 45.7 Å². The van der Waals surface area contributed by atoms with E-state index in [1.807, 2.05) is 19.1 Å². The molecule has 0 spiro atoms. The van der Waals surface area contributed by atoms with Crippen LogP contribution in [0.25, 0.3) is 5.65 Å². The van der Waals surface area contributed by atoms with Gasteiger partial charge in [-0.15, -0.1) is 0 Å². The first-order chi connectivity index (χ1) is 10.7. The van der Waals surface area contributed by atoms with Crippen molar-refractivity contribution >= 4 is 11.6 Å². The Bertz CT molecular complexity index is 665. The lowest BCUT2D eigenvalue weighted by Gasteiger charge is -2.33. The van der Waals surface area contributed by atoms with Gasteiger partial charge in [0.25, 0.3) is 0 Å². The normalized spacial score (nSPS) is 19.5. The van der Waals surface area contributed by atoms with Crippen LogP contribution in [0.5, 0.6) is 0 Å². The summed E-state index contributed by atoms with van der Waals surface area (Å²) in [6, 6.07) is 5.97. The summed E-state index contributed by atoms with van der Waals surface area (Å²) < 4.78 is 7.32. The molecule has 1 atom stereocenters. The van der Waals surface area contributed by atoms with E-state index < -0.39 is 0 Å². The molecule has 1 aliphatic rings. The van der Waals surface area contributed by atoms with Crippen LogP contribution in [0.4, 0.5) is 0 Å². The molecular weight excluding hydrogens is 278 g/mol. The van der Waals surface area contributed by atoms with Crippen LogP contribution in [0, 0.1) is 6.92 Å². The van der Waals surface area contributed by atoms with Crippen LogP contribution in [-0.2, 0) is 16.1 Å². The Morgan fingerprint density at radius 1 is 1.41 bits per heavy atom. The third-order valence-electron chi connectivity index (χ3n) is 4.28. The van der Waals surface area contributed by atoms with Crippen LogP contribution >= 0.6 is 0 Å². The highest BCUT2D eigenvalue weighted by atomic mass is 16.5. The van der Waals surface area contributed by atoms with Gasteiger partial charge in [0.05, 0.1) is 12.3 Å². The van der Waals surface area contributed by atoms with Crippen molar-refractivity contribution in [2.75, 3.05) is 13.2 Å². The van der Waals surface area contributed by atoms with E-state index in [-0.39, 0.29) is 12.0 Å². The molecule has 0 aromatic carbocycles. The van der Waals surface area contributed by atoms with E-state index >= 15 is 0 Å². The van der Waals surface area contributed by atoms with Gasteiger partial charge in [-0.25, -0.2) is 4.98 Å². The summed E-state index contributed by atoms with van der Waals surface area (Å²) in [5.74, 6) is -0.0952. The Morgan fingerprint density at radius 3 is 3.05 bits per heavy atom. The number of esters is 1. The average Bonchev–Trinajstić information content (AvgIpc) is 2.92. The van der Waals surface area contributed by atoms with Crippen molar-refractivity contribution in [3.8, 4) is 0 Å². The molecule has 3 heterocycles. The zero-order valence-corrected chi connectivity index (χ0v) is 13.3. The number of likely N-dealkylation sites (tertiary alicyclic amines) is 1. The van der Waals surface area contributed by atoms with E-state index in [9.17, 15) is 4.79 Å². The summed E-state index contributed by atoms with van der Waals surface area (Å²) in [7, 11) is 0. The molecule has 0 radical (unpaired) electrons. The highest BCUT2D eigenvalue weighted by Crippen LogP contribution is 2.21. The second-order valence-corrected chi connectivity index (χ2v) is 5.86. The Hall–Kier alpha value is -1.88. The van der Waals surface area contributed by atoms with Gasteiger partial charge in [0.1, 0.15) is 11.7 Å². The van der Waals surface area contributed by atoms with E-state index in [1.165, 1.54) is 0 Å². The second-order valence-electron chi connectivity index (χ2n) is 5.86. The molecule has 1 unspecified atom stereocenters. The maximum Gasteiger partial charge on any atom is 0.323 e. The molecule has 5 nitrogen and oxygen atoms in total. The minimum atomic E-state index is -0.125. The Labute approximate surface area is 130 Å². The maximum absolute atomic E-state index is 12.1. The lowest BCUT2D eigenvalue weighted by molar-refractivity contribution is -0.151. The molecule has 2 aromatic rings. The number of imidazole rings is 1. The Kier molecular flexibility index (Phi) is 4.43. The molecule has 0 saturated carbocycles. The molecular formula is C17H23N3O2. The first kappa shape index (κ1) is 15.0. The van der Waals surface area contributed by atoms with Gasteiger partial charge in [0.2, 0.25) is 0 Å². The number of hydrogen-bond donors (Lipinski definition) is 0. The summed E-state index contributed by atoms with van der Waals surface area (Å²) in [5, 5.41) is 0. The van der Waals surface area contributed by atoms with Crippen molar-refractivity contribution in [1.29, 1.82) is 0 Å². The standard InChI is InChI=1S/C17H23N3O2/c1-3-22-17(21)15-8-4-5-10-19(15)11-14-12-20-13(2)7-6-9-16(20)18-14/h6-7,9,12,15H,3-5,8,10-11H2,1-2H3. The topological polar surface area (TPSA) is 46.8 Å². The smallest absolute Gasteiger partial charge is 0.323 e. The van der Waals surface area contributed by atoms with E-state index in [4.69, 9.17) is 4.74 Å². The molecule has 0 N–H and O–H groups in total. The zero-order valence-electron chi connectivity index (χ0n) is 13.3. The summed E-state index contributed by atoms with van der Waals surface area (Å²) in [6.45, 7) is 5.99. The molecule has 2 aromatic heterocycles. The summed E-state index contributed by atoms with van der Waals surface area (Å²) in [5.41, 5.74) is 3.13. The summed E-state index contributed by atoms with van der Waals surface area (Å²) >= 11 is 0. The number of aromatic nitrogens is 2. The lowest BCUT2D eigenvalue weighted by Crippen LogP contribution is -2.45. The molecule has 0 amide bonds. The molecule has 22 heavy (non-hydrogen) atoms. The second kappa shape index (κ2) is 6.48. The van der Waals surface area contributed by atoms with E-state index in [1.54, 1.807) is 0 Å². The molecule has 1 aliphatic heterocycles. The van der Waals surface area contributed by atoms with Gasteiger partial charge in [-0.2, -0.15) is 0 Å². The number of hydrogen-bond acceptors (Lipinski definition) is 4. The number of fused-ring (bicyclic) bond motifs is 1. The number of piperidine rings is 1. The van der Waals surface area contributed by atoms with Crippen LogP contribution in [0.3, 0.4) is 0 Å². The molecule has 0 bridgehead atoms. The van der Waals surface area contributed by atoms with Crippen molar-refractivity contribution in [3.05, 3.63) is 35.8 Å². The van der Waals surface area contributed by atoms with E-state index in [2.05, 4.69) is 33.5 Å². The fraction of sp³-hybridized carbons (Fsp3) is 0.529. The van der Waals surface area contributed by atoms with Gasteiger partial charge in [0, 0.05) is 18.4 Å². The molecule has 3 rings (SSSR count). The van der Waals surface area contributed by atoms with Gasteiger partial charge >= 0.3 is 5.97 Å². The quantitative estimate of drug-likeness (QED) is 0.814. The maximum atomic E-state index is 12.1. The number of pyridine rings is 1. The monoisotopic (exact) mass is 301 g/mol. The number of carbonyl (C=O) groups excluding carboxylic acids is 1. The number of nitrogens with zero attached hydrogens (tertiary/aromatic N) is 3. The highest BCUT2D eigenvalue weighted by molar-refractivity contribution is 5.75. The number of aryl methyl sites for hydroxylation is 1. The first-order valence-electron chi connectivity index (χ1n) is 8.03. The van der Waals surface area contributed by atoms with Crippen molar-refractivity contribution in [2.24, 2.45) is 0 Å². The van der Waals surface area contributed by atoms with Crippen LogP contribution in [0.1, 0.15) is 37.6 Å². The van der Waals surface area contributed by atoms with Crippen LogP contribution in [-0.4, -0.2) is 39.4 Å². The van der Waals surface area contributed by atoms with E-state index in [0.717, 1.165) is 42.8 Å². The largest absolute Gasteiger partial charge is 0.465 e. The predicted octanol–water partition coefficient (Wildman–Crippen LogP) is 2.56. The zero-order chi connectivity index (χ0) is 15.5. The molecule has 1 fully saturated rings. The van der Waals surface area contributed by atoms with Crippen LogP contribution in [0.2, 0.25) is 0 Å². The van der Waals surface area contributed by atoms with Gasteiger partial charge in [-0.3, -0.25) is 9.69 Å². The van der Waals surface area contributed by atoms with Gasteiger partial charge in [-0.05, 0) is 45.4 Å². The minimum absolute atomic E-state index is 0.0952. The average molecular weight is 301 g/mol. The van der Waals surface area contributed by atoms with Crippen molar-refractivity contribution < 1.29 is 9.53 Å². The van der Waals surface area contributed by atoms with Gasteiger partial charge in [-0.1, -0.05) is 12.5 Å². The Morgan fingerprint density at radius 2 is 2.27 bits per heavy atom. The number of rotatable bonds is 4. The van der Waals surface area contributed by atoms with Crippen LogP contribution < -0.4 is 0 Å². The Balaban J connectivity index is 1.79. The third-order valence-corrected chi connectivity index (χ3v) is 4.28. The molecule has 118 valence electrons. The summed E-state index contributed by atoms with van der Waals surface area (Å²) in [6.07, 6.45) is 5.17. The van der Waals surface area contributed by atoms with E-state index in [0.29, 0.717) is 13.2 Å². The number of carbonyl (C=O) groups is 1. The lowest BCUT2D eigenvalue weighted by atomic mass is 10.0. The fourth-order valence-corrected chi connectivity index (χ4v) is 3.17. The molecule has 1 saturated heterocycles. The minimum Gasteiger partial charge on any atom is -0.465 e. The highest BCUT2D eigenvalue weighted by Gasteiger charge is 2.30. The SMILES string of the molecule is CCOC(=O)C1CCCCN1Cc1cn2c(C)cccc2n1. The van der Waals surface area contributed by atoms with Crippen LogP contribution in [0.15, 0.2) is 24.4 Å². The fourth-order valence-electron chi connectivity index (χ4n) is 3.17. The predicted molar refractivity (Wildman–Crippen MR) is 84.6 cm³/mol. The third kappa shape index (κ3) is 2.99. The van der Waals surface area contributed by atoms with Gasteiger partial charge in [0.15, 0.2) is 0 Å².